The first-order valence-electron chi connectivity index (χ1n) is 10.6. The number of aliphatic hydroxyl groups is 3. The normalized spacial score (nSPS) is 56.1. The number of fused-ring (bicyclic) bond motifs is 2. The summed E-state index contributed by atoms with van der Waals surface area (Å²) in [6.07, 6.45) is 1.37. The van der Waals surface area contributed by atoms with E-state index in [0.717, 1.165) is 19.3 Å². The molecule has 6 aliphatic rings. The second-order valence-corrected chi connectivity index (χ2v) is 10.8. The van der Waals surface area contributed by atoms with E-state index in [2.05, 4.69) is 20.4 Å². The average Bonchev–Trinajstić information content (AvgIpc) is 2.78. The Hall–Kier alpha value is -0.950. The van der Waals surface area contributed by atoms with E-state index in [1.54, 1.807) is 0 Å². The summed E-state index contributed by atoms with van der Waals surface area (Å²) in [6.45, 7) is 10.1. The van der Waals surface area contributed by atoms with Crippen molar-refractivity contribution in [3.05, 3.63) is 12.2 Å². The van der Waals surface area contributed by atoms with E-state index in [1.807, 2.05) is 0 Å². The Morgan fingerprint density at radius 1 is 1.25 bits per heavy atom. The topological polar surface area (TPSA) is 96.2 Å². The number of hydrogen-bond acceptors (Lipinski definition) is 6. The number of aliphatic hydroxyl groups excluding tert-OH is 2. The Morgan fingerprint density at radius 2 is 1.96 bits per heavy atom. The van der Waals surface area contributed by atoms with Crippen molar-refractivity contribution in [1.82, 2.24) is 0 Å². The molecule has 6 fully saturated rings. The van der Waals surface area contributed by atoms with Crippen LogP contribution in [-0.2, 0) is 14.3 Å². The molecule has 0 aromatic rings. The van der Waals surface area contributed by atoms with Gasteiger partial charge in [0.15, 0.2) is 6.10 Å². The Balaban J connectivity index is 1.78. The Morgan fingerprint density at radius 3 is 2.64 bits per heavy atom. The summed E-state index contributed by atoms with van der Waals surface area (Å²) >= 11 is 0. The van der Waals surface area contributed by atoms with Gasteiger partial charge in [0.2, 0.25) is 5.79 Å². The van der Waals surface area contributed by atoms with Gasteiger partial charge in [-0.15, -0.1) is 0 Å². The van der Waals surface area contributed by atoms with E-state index >= 15 is 0 Å². The van der Waals surface area contributed by atoms with Crippen LogP contribution in [0.1, 0.15) is 52.9 Å². The van der Waals surface area contributed by atoms with Crippen molar-refractivity contribution in [2.24, 2.45) is 34.0 Å². The highest BCUT2D eigenvalue weighted by Crippen LogP contribution is 2.77. The van der Waals surface area contributed by atoms with E-state index in [1.165, 1.54) is 6.92 Å². The van der Waals surface area contributed by atoms with Gasteiger partial charge < -0.3 is 24.8 Å². The van der Waals surface area contributed by atoms with Crippen LogP contribution in [0.3, 0.4) is 0 Å². The Kier molecular flexibility index (Phi) is 3.67. The summed E-state index contributed by atoms with van der Waals surface area (Å²) in [6, 6.07) is 0. The summed E-state index contributed by atoms with van der Waals surface area (Å²) in [5, 5.41) is 34.7. The highest BCUT2D eigenvalue weighted by Gasteiger charge is 2.84. The van der Waals surface area contributed by atoms with Gasteiger partial charge in [0.1, 0.15) is 0 Å². The zero-order valence-electron chi connectivity index (χ0n) is 17.0. The number of esters is 1. The predicted molar refractivity (Wildman–Crippen MR) is 99.8 cm³/mol. The van der Waals surface area contributed by atoms with Crippen molar-refractivity contribution < 1.29 is 29.6 Å². The first-order chi connectivity index (χ1) is 13.0. The van der Waals surface area contributed by atoms with Crippen molar-refractivity contribution in [3.63, 3.8) is 0 Å². The minimum atomic E-state index is -1.83. The van der Waals surface area contributed by atoms with E-state index in [9.17, 15) is 20.1 Å². The number of rotatable bonds is 1. The summed E-state index contributed by atoms with van der Waals surface area (Å²) < 4.78 is 12.0. The molecule has 2 spiro atoms. The van der Waals surface area contributed by atoms with Crippen LogP contribution in [0.5, 0.6) is 0 Å². The smallest absolute Gasteiger partial charge is 0.303 e. The summed E-state index contributed by atoms with van der Waals surface area (Å²) in [5.41, 5.74) is -1.05. The molecular formula is C22H32O6. The third-order valence-corrected chi connectivity index (χ3v) is 9.17. The van der Waals surface area contributed by atoms with Crippen molar-refractivity contribution in [2.75, 3.05) is 6.61 Å². The molecule has 3 N–H and O–H groups in total. The minimum Gasteiger partial charge on any atom is -0.456 e. The zero-order chi connectivity index (χ0) is 20.3. The Labute approximate surface area is 165 Å². The highest BCUT2D eigenvalue weighted by molar-refractivity contribution is 5.66. The van der Waals surface area contributed by atoms with Crippen LogP contribution in [0, 0.1) is 34.0 Å². The standard InChI is InChI=1S/C22H32O6/c1-11-13-8-14(24)15-20-7-5-6-19(3,4)16(20)18(28-12(2)23)22(26,27-10-20)21(15,9-13)17(11)25/h13-18,24-26H,1,5-10H2,2-4H3/t13-,14+,15+,16-,17-,18+,20-,21+,22-/m1/s1. The quantitative estimate of drug-likeness (QED) is 0.465. The fourth-order valence-electron chi connectivity index (χ4n) is 8.52. The second-order valence-electron chi connectivity index (χ2n) is 10.8. The average molecular weight is 392 g/mol. The summed E-state index contributed by atoms with van der Waals surface area (Å²) in [7, 11) is 0. The van der Waals surface area contributed by atoms with Gasteiger partial charge in [0, 0.05) is 24.2 Å². The van der Waals surface area contributed by atoms with Gasteiger partial charge in [-0.2, -0.15) is 0 Å². The third kappa shape index (κ3) is 1.87. The van der Waals surface area contributed by atoms with E-state index in [4.69, 9.17) is 9.47 Å². The molecule has 4 bridgehead atoms. The number of carbonyl (C=O) groups excluding carboxylic acids is 1. The lowest BCUT2D eigenvalue weighted by Crippen LogP contribution is -2.83. The lowest BCUT2D eigenvalue weighted by atomic mass is 9.36. The molecule has 4 aliphatic carbocycles. The second kappa shape index (κ2) is 5.39. The molecule has 156 valence electrons. The lowest BCUT2D eigenvalue weighted by molar-refractivity contribution is -0.463. The van der Waals surface area contributed by atoms with Crippen LogP contribution in [0.4, 0.5) is 0 Å². The molecule has 6 heteroatoms. The fraction of sp³-hybridized carbons (Fsp3) is 0.864. The monoisotopic (exact) mass is 392 g/mol. The number of hydrogen-bond donors (Lipinski definition) is 3. The van der Waals surface area contributed by atoms with Crippen LogP contribution < -0.4 is 0 Å². The predicted octanol–water partition coefficient (Wildman–Crippen LogP) is 1.77. The molecule has 6 rings (SSSR count). The third-order valence-electron chi connectivity index (χ3n) is 9.17. The van der Waals surface area contributed by atoms with E-state index < -0.39 is 40.9 Å². The van der Waals surface area contributed by atoms with E-state index in [-0.39, 0.29) is 23.2 Å². The van der Waals surface area contributed by atoms with Crippen LogP contribution in [-0.4, -0.2) is 52.0 Å². The molecule has 28 heavy (non-hydrogen) atoms. The molecule has 0 unspecified atom stereocenters. The molecule has 4 saturated carbocycles. The van der Waals surface area contributed by atoms with Gasteiger partial charge in [0.05, 0.1) is 24.2 Å². The van der Waals surface area contributed by atoms with Gasteiger partial charge in [0.25, 0.3) is 0 Å². The first kappa shape index (κ1) is 19.0. The zero-order valence-corrected chi connectivity index (χ0v) is 17.0. The maximum absolute atomic E-state index is 12.1. The van der Waals surface area contributed by atoms with Gasteiger partial charge >= 0.3 is 5.97 Å². The fourth-order valence-corrected chi connectivity index (χ4v) is 8.52. The summed E-state index contributed by atoms with van der Waals surface area (Å²) in [5.74, 6) is -2.79. The lowest BCUT2D eigenvalue weighted by Gasteiger charge is -2.75. The maximum atomic E-state index is 12.1. The largest absolute Gasteiger partial charge is 0.456 e. The number of ether oxygens (including phenoxy) is 2. The summed E-state index contributed by atoms with van der Waals surface area (Å²) in [4.78, 5) is 12.1. The maximum Gasteiger partial charge on any atom is 0.303 e. The van der Waals surface area contributed by atoms with Crippen molar-refractivity contribution >= 4 is 5.97 Å². The first-order valence-corrected chi connectivity index (χ1v) is 10.6. The minimum absolute atomic E-state index is 0.0577. The van der Waals surface area contributed by atoms with Crippen LogP contribution in [0.25, 0.3) is 0 Å². The molecule has 9 atom stereocenters. The number of carbonyl (C=O) groups is 1. The van der Waals surface area contributed by atoms with Crippen LogP contribution in [0.2, 0.25) is 0 Å². The molecule has 0 aromatic heterocycles. The van der Waals surface area contributed by atoms with Crippen LogP contribution >= 0.6 is 0 Å². The molecule has 2 heterocycles. The molecule has 0 radical (unpaired) electrons. The molecular weight excluding hydrogens is 360 g/mol. The van der Waals surface area contributed by atoms with Crippen LogP contribution in [0.15, 0.2) is 12.2 Å². The SMILES string of the molecule is C=C1[C@@H]2C[C@H](O)[C@H]3[C@]45CCCC(C)(C)[C@H]4[C@H](OC(C)=O)[C@@](O)(OC5)[C@]3(C2)[C@@H]1O. The highest BCUT2D eigenvalue weighted by atomic mass is 16.7. The van der Waals surface area contributed by atoms with Crippen molar-refractivity contribution in [1.29, 1.82) is 0 Å². The van der Waals surface area contributed by atoms with Gasteiger partial charge in [-0.1, -0.05) is 26.8 Å². The van der Waals surface area contributed by atoms with E-state index in [0.29, 0.717) is 25.0 Å². The van der Waals surface area contributed by atoms with Crippen molar-refractivity contribution in [2.45, 2.75) is 77.0 Å². The Bertz CT molecular complexity index is 747. The molecule has 0 amide bonds. The van der Waals surface area contributed by atoms with Crippen molar-refractivity contribution in [3.8, 4) is 0 Å². The van der Waals surface area contributed by atoms with Gasteiger partial charge in [-0.3, -0.25) is 4.79 Å². The molecule has 6 nitrogen and oxygen atoms in total. The molecule has 2 saturated heterocycles. The van der Waals surface area contributed by atoms with Gasteiger partial charge in [-0.05, 0) is 42.6 Å². The molecule has 2 aliphatic heterocycles. The van der Waals surface area contributed by atoms with Gasteiger partial charge in [-0.25, -0.2) is 0 Å². The molecule has 0 aromatic carbocycles.